The zero-order chi connectivity index (χ0) is 19.3. The highest BCUT2D eigenvalue weighted by Crippen LogP contribution is 2.63. The summed E-state index contributed by atoms with van der Waals surface area (Å²) in [6.45, 7) is 2.37. The van der Waals surface area contributed by atoms with Gasteiger partial charge in [-0.15, -0.1) is 0 Å². The molecule has 28 heavy (non-hydrogen) atoms. The topological polar surface area (TPSA) is 0 Å². The van der Waals surface area contributed by atoms with Gasteiger partial charge in [0.25, 0.3) is 0 Å². The summed E-state index contributed by atoms with van der Waals surface area (Å²) in [6.07, 6.45) is 14.1. The fraction of sp³-hybridized carbons (Fsp3) is 0.538. The smallest absolute Gasteiger partial charge is 0.0274 e. The third-order valence-corrected chi connectivity index (χ3v) is 9.38. The number of hydrogen-bond donors (Lipinski definition) is 0. The van der Waals surface area contributed by atoms with Crippen LogP contribution in [-0.4, -0.2) is 0 Å². The van der Waals surface area contributed by atoms with E-state index in [-0.39, 0.29) is 5.41 Å². The van der Waals surface area contributed by atoms with Crippen molar-refractivity contribution in [3.63, 3.8) is 0 Å². The van der Waals surface area contributed by atoms with Crippen LogP contribution in [0, 0.1) is 18.8 Å². The lowest BCUT2D eigenvalue weighted by molar-refractivity contribution is 0.137. The summed E-state index contributed by atoms with van der Waals surface area (Å²) in [4.78, 5) is 0. The average Bonchev–Trinajstić information content (AvgIpc) is 3.03. The van der Waals surface area contributed by atoms with Gasteiger partial charge in [-0.25, -0.2) is 0 Å². The molecular weight excluding hydrogens is 472 g/mol. The minimum Gasteiger partial charge on any atom is -0.0533 e. The first-order chi connectivity index (χ1) is 13.6. The van der Waals surface area contributed by atoms with Crippen molar-refractivity contribution in [2.24, 2.45) is 11.8 Å². The van der Waals surface area contributed by atoms with Gasteiger partial charge in [0.2, 0.25) is 0 Å². The second-order valence-electron chi connectivity index (χ2n) is 9.32. The lowest BCUT2D eigenvalue weighted by Gasteiger charge is -2.49. The first-order valence-corrected chi connectivity index (χ1v) is 12.8. The van der Waals surface area contributed by atoms with Crippen molar-refractivity contribution in [1.82, 2.24) is 0 Å². The summed E-state index contributed by atoms with van der Waals surface area (Å²) in [5.41, 5.74) is 8.03. The van der Waals surface area contributed by atoms with E-state index in [0.717, 1.165) is 11.8 Å². The molecule has 0 nitrogen and oxygen atoms in total. The molecule has 0 radical (unpaired) electrons. The minimum absolute atomic E-state index is 0.211. The fourth-order valence-electron chi connectivity index (χ4n) is 6.97. The van der Waals surface area contributed by atoms with Crippen LogP contribution in [0.15, 0.2) is 39.3 Å². The highest BCUT2D eigenvalue weighted by Gasteiger charge is 2.54. The largest absolute Gasteiger partial charge is 0.0533 e. The molecule has 0 aromatic heterocycles. The lowest BCUT2D eigenvalue weighted by Crippen LogP contribution is -2.44. The maximum absolute atomic E-state index is 3.90. The van der Waals surface area contributed by atoms with Crippen molar-refractivity contribution in [2.75, 3.05) is 0 Å². The van der Waals surface area contributed by atoms with Gasteiger partial charge in [0, 0.05) is 14.4 Å². The maximum Gasteiger partial charge on any atom is 0.0274 e. The molecule has 0 spiro atoms. The quantitative estimate of drug-likeness (QED) is 0.385. The Bertz CT molecular complexity index is 868. The molecule has 2 heteroatoms. The van der Waals surface area contributed by atoms with Crippen LogP contribution in [0.25, 0.3) is 11.1 Å². The molecule has 0 heterocycles. The maximum atomic E-state index is 3.90. The van der Waals surface area contributed by atoms with Crippen LogP contribution >= 0.6 is 31.9 Å². The van der Waals surface area contributed by atoms with E-state index in [1.165, 1.54) is 89.8 Å². The number of benzene rings is 2. The lowest BCUT2D eigenvalue weighted by atomic mass is 9.54. The molecule has 0 unspecified atom stereocenters. The molecule has 0 aliphatic heterocycles. The van der Waals surface area contributed by atoms with Gasteiger partial charge >= 0.3 is 0 Å². The van der Waals surface area contributed by atoms with Crippen molar-refractivity contribution < 1.29 is 0 Å². The molecule has 2 saturated carbocycles. The van der Waals surface area contributed by atoms with Crippen LogP contribution in [0.5, 0.6) is 0 Å². The van der Waals surface area contributed by atoms with Crippen molar-refractivity contribution in [3.05, 3.63) is 56.0 Å². The van der Waals surface area contributed by atoms with Gasteiger partial charge in [-0.3, -0.25) is 0 Å². The summed E-state index contributed by atoms with van der Waals surface area (Å²) in [6, 6.07) is 11.8. The molecule has 2 aromatic carbocycles. The molecule has 2 fully saturated rings. The Morgan fingerprint density at radius 1 is 0.750 bits per heavy atom. The fourth-order valence-corrected chi connectivity index (χ4v) is 7.66. The van der Waals surface area contributed by atoms with Crippen molar-refractivity contribution >= 4 is 31.9 Å². The van der Waals surface area contributed by atoms with Gasteiger partial charge < -0.3 is 0 Å². The predicted octanol–water partition coefficient (Wildman–Crippen LogP) is 8.95. The second-order valence-corrected chi connectivity index (χ2v) is 11.1. The van der Waals surface area contributed by atoms with E-state index in [0.29, 0.717) is 0 Å². The van der Waals surface area contributed by atoms with Crippen LogP contribution in [-0.2, 0) is 5.41 Å². The molecule has 0 bridgehead atoms. The molecule has 3 aliphatic carbocycles. The van der Waals surface area contributed by atoms with Crippen LogP contribution in [0.3, 0.4) is 0 Å². The van der Waals surface area contributed by atoms with Crippen LogP contribution in [0.4, 0.5) is 0 Å². The van der Waals surface area contributed by atoms with E-state index in [4.69, 9.17) is 0 Å². The minimum atomic E-state index is 0.211. The van der Waals surface area contributed by atoms with E-state index in [1.807, 2.05) is 0 Å². The molecule has 0 N–H and O–H groups in total. The molecular formula is C26H30Br2. The molecule has 0 saturated heterocycles. The zero-order valence-corrected chi connectivity index (χ0v) is 20.0. The number of halogens is 2. The van der Waals surface area contributed by atoms with Gasteiger partial charge in [0.1, 0.15) is 0 Å². The predicted molar refractivity (Wildman–Crippen MR) is 126 cm³/mol. The number of rotatable bonds is 2. The Labute approximate surface area is 186 Å². The summed E-state index contributed by atoms with van der Waals surface area (Å²) >= 11 is 7.73. The number of hydrogen-bond acceptors (Lipinski definition) is 0. The summed E-state index contributed by atoms with van der Waals surface area (Å²) in [7, 11) is 0. The normalized spacial score (nSPS) is 22.1. The van der Waals surface area contributed by atoms with Crippen molar-refractivity contribution in [2.45, 2.75) is 76.5 Å². The van der Waals surface area contributed by atoms with E-state index in [1.54, 1.807) is 11.1 Å². The Balaban J connectivity index is 1.84. The molecule has 148 valence electrons. The Morgan fingerprint density at radius 3 is 1.93 bits per heavy atom. The van der Waals surface area contributed by atoms with Crippen LogP contribution in [0.2, 0.25) is 0 Å². The van der Waals surface area contributed by atoms with Gasteiger partial charge in [-0.2, -0.15) is 0 Å². The molecule has 3 aliphatic rings. The molecule has 5 rings (SSSR count). The van der Waals surface area contributed by atoms with E-state index in [9.17, 15) is 0 Å². The third-order valence-electron chi connectivity index (χ3n) is 8.03. The van der Waals surface area contributed by atoms with Gasteiger partial charge in [-0.05, 0) is 90.5 Å². The monoisotopic (exact) mass is 500 g/mol. The van der Waals surface area contributed by atoms with Gasteiger partial charge in [0.15, 0.2) is 0 Å². The average molecular weight is 502 g/mol. The van der Waals surface area contributed by atoms with Crippen LogP contribution in [0.1, 0.15) is 80.9 Å². The zero-order valence-electron chi connectivity index (χ0n) is 16.9. The summed E-state index contributed by atoms with van der Waals surface area (Å²) in [5, 5.41) is 0. The first-order valence-electron chi connectivity index (χ1n) is 11.2. The van der Waals surface area contributed by atoms with E-state index in [2.05, 4.69) is 69.1 Å². The highest BCUT2D eigenvalue weighted by atomic mass is 79.9. The Kier molecular flexibility index (Phi) is 5.24. The third kappa shape index (κ3) is 2.81. The van der Waals surface area contributed by atoms with E-state index < -0.39 is 0 Å². The summed E-state index contributed by atoms with van der Waals surface area (Å²) in [5.74, 6) is 1.57. The second kappa shape index (κ2) is 7.58. The molecule has 2 aromatic rings. The van der Waals surface area contributed by atoms with Crippen LogP contribution < -0.4 is 0 Å². The molecule has 0 atom stereocenters. The SMILES string of the molecule is Cc1c(Br)ccc2c1C(C1CCCCC1)(C1CCCCC1)c1cc(Br)ccc1-2. The van der Waals surface area contributed by atoms with Gasteiger partial charge in [-0.1, -0.05) is 82.5 Å². The summed E-state index contributed by atoms with van der Waals surface area (Å²) < 4.78 is 2.53. The standard InChI is InChI=1S/C26H30Br2/c1-17-24(28)15-14-22-21-13-12-20(27)16-23(21)26(25(17)22,18-8-4-2-5-9-18)19-10-6-3-7-11-19/h12-16,18-19H,2-11H2,1H3. The molecule has 0 amide bonds. The number of fused-ring (bicyclic) bond motifs is 3. The van der Waals surface area contributed by atoms with Crippen molar-refractivity contribution in [1.29, 1.82) is 0 Å². The van der Waals surface area contributed by atoms with Crippen molar-refractivity contribution in [3.8, 4) is 11.1 Å². The Morgan fingerprint density at radius 2 is 1.32 bits per heavy atom. The highest BCUT2D eigenvalue weighted by molar-refractivity contribution is 9.10. The first kappa shape index (κ1) is 19.4. The van der Waals surface area contributed by atoms with Gasteiger partial charge in [0.05, 0.1) is 0 Å². The van der Waals surface area contributed by atoms with E-state index >= 15 is 0 Å². The Hall–Kier alpha value is -0.600.